The third kappa shape index (κ3) is 3.63. The van der Waals surface area contributed by atoms with Crippen LogP contribution in [-0.2, 0) is 9.47 Å². The SMILES string of the molecule is Nc1nc(N)c2ncn([C@@H]3O[C@H](COC(=O)Nc4ccccc4)[C@@H](O)[C@H]3O)c2n1. The summed E-state index contributed by atoms with van der Waals surface area (Å²) in [4.78, 5) is 23.9. The molecule has 12 heteroatoms. The van der Waals surface area contributed by atoms with E-state index in [1.165, 1.54) is 10.9 Å². The molecule has 2 aromatic heterocycles. The van der Waals surface area contributed by atoms with E-state index in [2.05, 4.69) is 20.3 Å². The van der Waals surface area contributed by atoms with Gasteiger partial charge in [-0.3, -0.25) is 9.88 Å². The van der Waals surface area contributed by atoms with E-state index in [0.29, 0.717) is 5.69 Å². The molecule has 1 aromatic carbocycles. The minimum absolute atomic E-state index is 0.0674. The molecule has 1 aliphatic rings. The predicted octanol–water partition coefficient (Wildman–Crippen LogP) is -0.141. The van der Waals surface area contributed by atoms with Crippen LogP contribution in [0.5, 0.6) is 0 Å². The van der Waals surface area contributed by atoms with Crippen LogP contribution in [0.3, 0.4) is 0 Å². The Morgan fingerprint density at radius 3 is 2.72 bits per heavy atom. The lowest BCUT2D eigenvalue weighted by molar-refractivity contribution is -0.0522. The lowest BCUT2D eigenvalue weighted by Crippen LogP contribution is -2.34. The van der Waals surface area contributed by atoms with Gasteiger partial charge in [0.25, 0.3) is 0 Å². The summed E-state index contributed by atoms with van der Waals surface area (Å²) in [7, 11) is 0. The molecule has 4 rings (SSSR count). The quantitative estimate of drug-likeness (QED) is 0.394. The number of aliphatic hydroxyl groups excluding tert-OH is 2. The first-order chi connectivity index (χ1) is 13.9. The number of aromatic nitrogens is 4. The topological polar surface area (TPSA) is 184 Å². The molecule has 0 aliphatic carbocycles. The van der Waals surface area contributed by atoms with Crippen LogP contribution in [0.15, 0.2) is 36.7 Å². The van der Waals surface area contributed by atoms with Gasteiger partial charge < -0.3 is 31.2 Å². The van der Waals surface area contributed by atoms with Crippen LogP contribution < -0.4 is 16.8 Å². The number of rotatable bonds is 4. The fraction of sp³-hybridized carbons (Fsp3) is 0.294. The number of carbonyl (C=O) groups is 1. The first kappa shape index (κ1) is 18.9. The van der Waals surface area contributed by atoms with Crippen molar-refractivity contribution in [3.63, 3.8) is 0 Å². The van der Waals surface area contributed by atoms with Gasteiger partial charge in [-0.15, -0.1) is 0 Å². The largest absolute Gasteiger partial charge is 0.446 e. The van der Waals surface area contributed by atoms with Crippen molar-refractivity contribution in [3.8, 4) is 0 Å². The van der Waals surface area contributed by atoms with Crippen molar-refractivity contribution < 1.29 is 24.5 Å². The number of benzene rings is 1. The third-order valence-corrected chi connectivity index (χ3v) is 4.48. The number of nitrogens with zero attached hydrogens (tertiary/aromatic N) is 4. The number of para-hydroxylation sites is 1. The second kappa shape index (κ2) is 7.50. The Kier molecular flexibility index (Phi) is 4.88. The van der Waals surface area contributed by atoms with Crippen molar-refractivity contribution in [1.82, 2.24) is 19.5 Å². The standard InChI is InChI=1S/C17H19N7O5/c18-13-10-14(23-16(19)22-13)24(7-20-10)15-12(26)11(25)9(29-15)6-28-17(27)21-8-4-2-1-3-5-8/h1-5,7,9,11-12,15,25-26H,6H2,(H,21,27)(H4,18,19,22,23)/t9-,11-,12-,15-/m1/s1. The number of nitrogens with one attached hydrogen (secondary N) is 1. The first-order valence-corrected chi connectivity index (χ1v) is 8.70. The van der Waals surface area contributed by atoms with Crippen molar-refractivity contribution in [3.05, 3.63) is 36.7 Å². The second-order valence-electron chi connectivity index (χ2n) is 6.43. The van der Waals surface area contributed by atoms with E-state index < -0.39 is 30.6 Å². The lowest BCUT2D eigenvalue weighted by Gasteiger charge is -2.16. The Balaban J connectivity index is 1.45. The summed E-state index contributed by atoms with van der Waals surface area (Å²) >= 11 is 0. The zero-order chi connectivity index (χ0) is 20.5. The first-order valence-electron chi connectivity index (χ1n) is 8.70. The Hall–Kier alpha value is -3.48. The highest BCUT2D eigenvalue weighted by Gasteiger charge is 2.45. The molecule has 0 spiro atoms. The molecule has 1 aliphatic heterocycles. The van der Waals surface area contributed by atoms with Crippen molar-refractivity contribution >= 4 is 34.7 Å². The molecule has 3 heterocycles. The molecule has 7 N–H and O–H groups in total. The molecule has 0 saturated carbocycles. The molecule has 3 aromatic rings. The number of carbonyl (C=O) groups excluding carboxylic acids is 1. The zero-order valence-electron chi connectivity index (χ0n) is 15.0. The molecular formula is C17H19N7O5. The Morgan fingerprint density at radius 1 is 1.21 bits per heavy atom. The van der Waals surface area contributed by atoms with E-state index in [4.69, 9.17) is 20.9 Å². The molecule has 1 amide bonds. The third-order valence-electron chi connectivity index (χ3n) is 4.48. The molecule has 0 radical (unpaired) electrons. The summed E-state index contributed by atoms with van der Waals surface area (Å²) in [6.45, 7) is -0.278. The van der Waals surface area contributed by atoms with Gasteiger partial charge in [0.05, 0.1) is 6.33 Å². The highest BCUT2D eigenvalue weighted by Crippen LogP contribution is 2.32. The maximum atomic E-state index is 11.9. The number of amides is 1. The van der Waals surface area contributed by atoms with Gasteiger partial charge in [0.1, 0.15) is 30.4 Å². The van der Waals surface area contributed by atoms with Gasteiger partial charge in [-0.25, -0.2) is 9.78 Å². The summed E-state index contributed by atoms with van der Waals surface area (Å²) < 4.78 is 12.2. The molecular weight excluding hydrogens is 382 g/mol. The summed E-state index contributed by atoms with van der Waals surface area (Å²) in [6.07, 6.45) is -4.00. The van der Waals surface area contributed by atoms with E-state index in [1.54, 1.807) is 24.3 Å². The number of fused-ring (bicyclic) bond motifs is 1. The van der Waals surface area contributed by atoms with E-state index in [1.807, 2.05) is 6.07 Å². The van der Waals surface area contributed by atoms with Crippen molar-refractivity contribution in [2.75, 3.05) is 23.4 Å². The Bertz CT molecular complexity index is 1030. The van der Waals surface area contributed by atoms with Crippen LogP contribution >= 0.6 is 0 Å². The maximum absolute atomic E-state index is 11.9. The molecule has 12 nitrogen and oxygen atoms in total. The van der Waals surface area contributed by atoms with Crippen molar-refractivity contribution in [1.29, 1.82) is 0 Å². The Morgan fingerprint density at radius 2 is 1.97 bits per heavy atom. The van der Waals surface area contributed by atoms with E-state index in [-0.39, 0.29) is 29.5 Å². The molecule has 1 saturated heterocycles. The monoisotopic (exact) mass is 401 g/mol. The van der Waals surface area contributed by atoms with Crippen molar-refractivity contribution in [2.45, 2.75) is 24.5 Å². The van der Waals surface area contributed by atoms with Gasteiger partial charge in [0, 0.05) is 5.69 Å². The fourth-order valence-electron chi connectivity index (χ4n) is 3.07. The van der Waals surface area contributed by atoms with Crippen LogP contribution in [0, 0.1) is 0 Å². The minimum atomic E-state index is -1.32. The summed E-state index contributed by atoms with van der Waals surface area (Å²) in [5.41, 5.74) is 12.5. The van der Waals surface area contributed by atoms with Gasteiger partial charge >= 0.3 is 6.09 Å². The van der Waals surface area contributed by atoms with Crippen LogP contribution in [0.2, 0.25) is 0 Å². The fourth-order valence-corrected chi connectivity index (χ4v) is 3.07. The summed E-state index contributed by atoms with van der Waals surface area (Å²) in [5, 5.41) is 23.3. The van der Waals surface area contributed by atoms with Crippen LogP contribution in [0.25, 0.3) is 11.2 Å². The number of imidazole rings is 1. The van der Waals surface area contributed by atoms with Gasteiger partial charge in [-0.1, -0.05) is 18.2 Å². The maximum Gasteiger partial charge on any atom is 0.411 e. The van der Waals surface area contributed by atoms with Crippen LogP contribution in [-0.4, -0.2) is 60.7 Å². The molecule has 4 atom stereocenters. The molecule has 0 bridgehead atoms. The van der Waals surface area contributed by atoms with Gasteiger partial charge in [-0.2, -0.15) is 9.97 Å². The normalized spacial score (nSPS) is 23.9. The molecule has 1 fully saturated rings. The highest BCUT2D eigenvalue weighted by atomic mass is 16.6. The van der Waals surface area contributed by atoms with E-state index in [0.717, 1.165) is 0 Å². The molecule has 0 unspecified atom stereocenters. The average Bonchev–Trinajstić information content (AvgIpc) is 3.23. The van der Waals surface area contributed by atoms with Crippen LogP contribution in [0.1, 0.15) is 6.23 Å². The molecule has 29 heavy (non-hydrogen) atoms. The summed E-state index contributed by atoms with van der Waals surface area (Å²) in [5.74, 6) is 0.0130. The van der Waals surface area contributed by atoms with Crippen molar-refractivity contribution in [2.24, 2.45) is 0 Å². The second-order valence-corrected chi connectivity index (χ2v) is 6.43. The highest BCUT2D eigenvalue weighted by molar-refractivity contribution is 5.84. The summed E-state index contributed by atoms with van der Waals surface area (Å²) in [6, 6.07) is 8.74. The number of aliphatic hydroxyl groups is 2. The van der Waals surface area contributed by atoms with Crippen LogP contribution in [0.4, 0.5) is 22.2 Å². The number of nitrogens with two attached hydrogens (primary N) is 2. The molecule has 152 valence electrons. The Labute approximate surface area is 164 Å². The van der Waals surface area contributed by atoms with Gasteiger partial charge in [-0.05, 0) is 12.1 Å². The van der Waals surface area contributed by atoms with Gasteiger partial charge in [0.15, 0.2) is 17.7 Å². The zero-order valence-corrected chi connectivity index (χ0v) is 15.0. The average molecular weight is 401 g/mol. The predicted molar refractivity (Wildman–Crippen MR) is 101 cm³/mol. The lowest BCUT2D eigenvalue weighted by atomic mass is 10.1. The minimum Gasteiger partial charge on any atom is -0.446 e. The number of nitrogen functional groups attached to an aromatic ring is 2. The number of hydrogen-bond acceptors (Lipinski definition) is 10. The smallest absolute Gasteiger partial charge is 0.411 e. The number of anilines is 3. The van der Waals surface area contributed by atoms with Gasteiger partial charge in [0.2, 0.25) is 5.95 Å². The van der Waals surface area contributed by atoms with E-state index >= 15 is 0 Å². The number of hydrogen-bond donors (Lipinski definition) is 5. The van der Waals surface area contributed by atoms with E-state index in [9.17, 15) is 15.0 Å². The number of ether oxygens (including phenoxy) is 2.